The van der Waals surface area contributed by atoms with Crippen molar-refractivity contribution in [2.75, 3.05) is 6.61 Å². The standard InChI is InChI=1S/C7H6F3NO/c8-6(9)4-12-5-1-2-7(10)11-3-5/h1-3,6H,4H2. The van der Waals surface area contributed by atoms with Gasteiger partial charge < -0.3 is 4.74 Å². The highest BCUT2D eigenvalue weighted by atomic mass is 19.3. The molecule has 2 nitrogen and oxygen atoms in total. The van der Waals surface area contributed by atoms with Gasteiger partial charge in [0, 0.05) is 0 Å². The van der Waals surface area contributed by atoms with Crippen LogP contribution in [0.15, 0.2) is 18.3 Å². The van der Waals surface area contributed by atoms with Crippen molar-refractivity contribution in [2.45, 2.75) is 6.43 Å². The third-order valence-corrected chi connectivity index (χ3v) is 1.08. The van der Waals surface area contributed by atoms with Crippen LogP contribution >= 0.6 is 0 Å². The molecule has 0 unspecified atom stereocenters. The number of nitrogens with zero attached hydrogens (tertiary/aromatic N) is 1. The molecule has 0 atom stereocenters. The van der Waals surface area contributed by atoms with E-state index in [9.17, 15) is 13.2 Å². The molecule has 1 aromatic rings. The maximum Gasteiger partial charge on any atom is 0.272 e. The molecule has 0 radical (unpaired) electrons. The van der Waals surface area contributed by atoms with Crippen LogP contribution in [0.3, 0.4) is 0 Å². The minimum atomic E-state index is -2.53. The zero-order valence-electron chi connectivity index (χ0n) is 6.01. The van der Waals surface area contributed by atoms with E-state index in [2.05, 4.69) is 9.72 Å². The summed E-state index contributed by atoms with van der Waals surface area (Å²) < 4.78 is 39.9. The molecule has 0 amide bonds. The summed E-state index contributed by atoms with van der Waals surface area (Å²) in [5, 5.41) is 0. The molecule has 0 aliphatic carbocycles. The minimum absolute atomic E-state index is 0.136. The topological polar surface area (TPSA) is 22.1 Å². The Hall–Kier alpha value is -1.26. The van der Waals surface area contributed by atoms with Gasteiger partial charge in [-0.3, -0.25) is 0 Å². The third-order valence-electron chi connectivity index (χ3n) is 1.08. The van der Waals surface area contributed by atoms with Gasteiger partial charge in [-0.1, -0.05) is 0 Å². The lowest BCUT2D eigenvalue weighted by molar-refractivity contribution is 0.0816. The Bertz CT molecular complexity index is 237. The van der Waals surface area contributed by atoms with Gasteiger partial charge in [0.25, 0.3) is 6.43 Å². The Kier molecular flexibility index (Phi) is 2.90. The summed E-state index contributed by atoms with van der Waals surface area (Å²) in [5.41, 5.74) is 0. The molecule has 0 aromatic carbocycles. The predicted molar refractivity (Wildman–Crippen MR) is 35.7 cm³/mol. The van der Waals surface area contributed by atoms with Crippen LogP contribution in [-0.2, 0) is 0 Å². The van der Waals surface area contributed by atoms with E-state index in [1.54, 1.807) is 0 Å². The molecule has 0 aliphatic rings. The van der Waals surface area contributed by atoms with Gasteiger partial charge in [0.05, 0.1) is 6.20 Å². The molecule has 0 saturated heterocycles. The molecule has 1 heterocycles. The van der Waals surface area contributed by atoms with Crippen LogP contribution in [0, 0.1) is 5.95 Å². The summed E-state index contributed by atoms with van der Waals surface area (Å²) in [7, 11) is 0. The van der Waals surface area contributed by atoms with Gasteiger partial charge in [-0.15, -0.1) is 0 Å². The molecule has 0 fully saturated rings. The molecule has 12 heavy (non-hydrogen) atoms. The summed E-state index contributed by atoms with van der Waals surface area (Å²) in [4.78, 5) is 3.22. The molecule has 0 spiro atoms. The molecular formula is C7H6F3NO. The second kappa shape index (κ2) is 3.94. The molecule has 0 aliphatic heterocycles. The first-order chi connectivity index (χ1) is 5.68. The van der Waals surface area contributed by atoms with E-state index in [4.69, 9.17) is 0 Å². The van der Waals surface area contributed by atoms with Gasteiger partial charge >= 0.3 is 0 Å². The van der Waals surface area contributed by atoms with E-state index in [0.717, 1.165) is 12.3 Å². The van der Waals surface area contributed by atoms with Crippen LogP contribution < -0.4 is 4.74 Å². The maximum absolute atomic E-state index is 12.2. The monoisotopic (exact) mass is 177 g/mol. The second-order valence-electron chi connectivity index (χ2n) is 2.02. The van der Waals surface area contributed by atoms with Crippen LogP contribution in [0.5, 0.6) is 5.75 Å². The first-order valence-corrected chi connectivity index (χ1v) is 3.21. The smallest absolute Gasteiger partial charge is 0.272 e. The Balaban J connectivity index is 2.48. The number of pyridine rings is 1. The molecule has 1 aromatic heterocycles. The van der Waals surface area contributed by atoms with Crippen LogP contribution in [0.2, 0.25) is 0 Å². The van der Waals surface area contributed by atoms with E-state index in [0.29, 0.717) is 0 Å². The van der Waals surface area contributed by atoms with Gasteiger partial charge in [-0.05, 0) is 12.1 Å². The summed E-state index contributed by atoms with van der Waals surface area (Å²) in [6.45, 7) is -0.701. The quantitative estimate of drug-likeness (QED) is 0.657. The fourth-order valence-electron chi connectivity index (χ4n) is 0.607. The lowest BCUT2D eigenvalue weighted by Crippen LogP contribution is -2.07. The highest BCUT2D eigenvalue weighted by Crippen LogP contribution is 2.09. The van der Waals surface area contributed by atoms with Gasteiger partial charge in [-0.2, -0.15) is 4.39 Å². The van der Waals surface area contributed by atoms with Crippen molar-refractivity contribution in [1.29, 1.82) is 0 Å². The van der Waals surface area contributed by atoms with Crippen molar-refractivity contribution in [2.24, 2.45) is 0 Å². The van der Waals surface area contributed by atoms with Crippen LogP contribution in [0.4, 0.5) is 13.2 Å². The zero-order valence-corrected chi connectivity index (χ0v) is 6.01. The molecule has 0 bridgehead atoms. The van der Waals surface area contributed by atoms with Crippen molar-refractivity contribution in [1.82, 2.24) is 4.98 Å². The van der Waals surface area contributed by atoms with Crippen LogP contribution in [0.25, 0.3) is 0 Å². The Morgan fingerprint density at radius 2 is 2.17 bits per heavy atom. The highest BCUT2D eigenvalue weighted by molar-refractivity contribution is 5.15. The summed E-state index contributed by atoms with van der Waals surface area (Å²) >= 11 is 0. The van der Waals surface area contributed by atoms with Gasteiger partial charge in [0.1, 0.15) is 12.4 Å². The van der Waals surface area contributed by atoms with Crippen LogP contribution in [0.1, 0.15) is 0 Å². The Morgan fingerprint density at radius 3 is 2.67 bits per heavy atom. The SMILES string of the molecule is Fc1ccc(OCC(F)F)cn1. The lowest BCUT2D eigenvalue weighted by atomic mass is 10.4. The van der Waals surface area contributed by atoms with E-state index in [-0.39, 0.29) is 5.75 Å². The van der Waals surface area contributed by atoms with Crippen LogP contribution in [-0.4, -0.2) is 18.0 Å². The van der Waals surface area contributed by atoms with Crippen molar-refractivity contribution in [3.8, 4) is 5.75 Å². The number of rotatable bonds is 3. The summed E-state index contributed by atoms with van der Waals surface area (Å²) in [6.07, 6.45) is -1.48. The van der Waals surface area contributed by atoms with Gasteiger partial charge in [0.2, 0.25) is 5.95 Å². The average Bonchev–Trinajstić information content (AvgIpc) is 2.03. The van der Waals surface area contributed by atoms with E-state index < -0.39 is 19.0 Å². The predicted octanol–water partition coefficient (Wildman–Crippen LogP) is 1.86. The summed E-state index contributed by atoms with van der Waals surface area (Å²) in [5.74, 6) is -0.531. The van der Waals surface area contributed by atoms with Crippen molar-refractivity contribution >= 4 is 0 Å². The first-order valence-electron chi connectivity index (χ1n) is 3.21. The van der Waals surface area contributed by atoms with E-state index in [1.807, 2.05) is 0 Å². The lowest BCUT2D eigenvalue weighted by Gasteiger charge is -2.03. The minimum Gasteiger partial charge on any atom is -0.486 e. The second-order valence-corrected chi connectivity index (χ2v) is 2.02. The number of alkyl halides is 2. The van der Waals surface area contributed by atoms with E-state index >= 15 is 0 Å². The Labute approximate surface area is 67.0 Å². The van der Waals surface area contributed by atoms with Gasteiger partial charge in [-0.25, -0.2) is 13.8 Å². The van der Waals surface area contributed by atoms with Crippen molar-refractivity contribution in [3.05, 3.63) is 24.3 Å². The highest BCUT2D eigenvalue weighted by Gasteiger charge is 2.03. The number of ether oxygens (including phenoxy) is 1. The van der Waals surface area contributed by atoms with Crippen molar-refractivity contribution < 1.29 is 17.9 Å². The molecule has 0 N–H and O–H groups in total. The summed E-state index contributed by atoms with van der Waals surface area (Å²) in [6, 6.07) is 2.28. The average molecular weight is 177 g/mol. The molecule has 1 rings (SSSR count). The number of hydrogen-bond donors (Lipinski definition) is 0. The van der Waals surface area contributed by atoms with Crippen molar-refractivity contribution in [3.63, 3.8) is 0 Å². The first kappa shape index (κ1) is 8.83. The molecular weight excluding hydrogens is 171 g/mol. The third kappa shape index (κ3) is 2.77. The van der Waals surface area contributed by atoms with E-state index in [1.165, 1.54) is 6.07 Å². The molecule has 0 saturated carbocycles. The van der Waals surface area contributed by atoms with Gasteiger partial charge in [0.15, 0.2) is 0 Å². The fraction of sp³-hybridized carbons (Fsp3) is 0.286. The zero-order chi connectivity index (χ0) is 8.97. The Morgan fingerprint density at radius 1 is 1.42 bits per heavy atom. The molecule has 5 heteroatoms. The number of aromatic nitrogens is 1. The number of hydrogen-bond acceptors (Lipinski definition) is 2. The number of halogens is 3. The molecule has 66 valence electrons. The normalized spacial score (nSPS) is 10.3. The fourth-order valence-corrected chi connectivity index (χ4v) is 0.607. The maximum atomic E-state index is 12.2. The largest absolute Gasteiger partial charge is 0.486 e.